The van der Waals surface area contributed by atoms with Crippen LogP contribution in [-0.2, 0) is 23.8 Å². The van der Waals surface area contributed by atoms with E-state index in [0.29, 0.717) is 25.9 Å². The van der Waals surface area contributed by atoms with Crippen LogP contribution in [0.3, 0.4) is 0 Å². The van der Waals surface area contributed by atoms with E-state index >= 15 is 0 Å². The van der Waals surface area contributed by atoms with Crippen LogP contribution < -0.4 is 0 Å². The number of carbonyl (C=O) groups excluding carboxylic acids is 1. The molecule has 0 aromatic rings. The third-order valence-corrected chi connectivity index (χ3v) is 4.85. The molecule has 6 nitrogen and oxygen atoms in total. The number of likely N-dealkylation sites (N-methyl/N-ethyl adjacent to an activating group) is 1. The third kappa shape index (κ3) is 2.64. The van der Waals surface area contributed by atoms with Gasteiger partial charge in [0.1, 0.15) is 5.54 Å². The molecule has 0 aromatic carbocycles. The van der Waals surface area contributed by atoms with Crippen molar-refractivity contribution in [3.63, 3.8) is 0 Å². The Morgan fingerprint density at radius 1 is 1.37 bits per heavy atom. The standard InChI is InChI=1S/C12H21NO5S/c1-4-17-11(14)12-7-5-9(13(12)2)10(6-8-12)18-19(3,15)16/h9-10H,4-8H2,1-3H3/t9-,10-,12+/m0/s1. The van der Waals surface area contributed by atoms with Crippen molar-refractivity contribution in [3.8, 4) is 0 Å². The van der Waals surface area contributed by atoms with Gasteiger partial charge >= 0.3 is 5.97 Å². The summed E-state index contributed by atoms with van der Waals surface area (Å²) in [6, 6.07) is -0.0344. The van der Waals surface area contributed by atoms with Crippen LogP contribution >= 0.6 is 0 Å². The van der Waals surface area contributed by atoms with Gasteiger partial charge < -0.3 is 4.74 Å². The van der Waals surface area contributed by atoms with Crippen molar-refractivity contribution >= 4 is 16.1 Å². The summed E-state index contributed by atoms with van der Waals surface area (Å²) < 4.78 is 32.8. The van der Waals surface area contributed by atoms with E-state index in [1.165, 1.54) is 0 Å². The van der Waals surface area contributed by atoms with Gasteiger partial charge in [0.2, 0.25) is 0 Å². The molecule has 2 rings (SSSR count). The molecular weight excluding hydrogens is 270 g/mol. The number of ether oxygens (including phenoxy) is 1. The Bertz CT molecular complexity index is 463. The second kappa shape index (κ2) is 5.03. The molecule has 7 heteroatoms. The SMILES string of the molecule is CCOC(=O)[C@]12CC[C@H](OS(C)(=O)=O)[C@H](CC1)N2C. The lowest BCUT2D eigenvalue weighted by Crippen LogP contribution is -2.58. The summed E-state index contributed by atoms with van der Waals surface area (Å²) in [7, 11) is -1.61. The fourth-order valence-electron chi connectivity index (χ4n) is 3.33. The summed E-state index contributed by atoms with van der Waals surface area (Å²) in [5, 5.41) is 0. The van der Waals surface area contributed by atoms with Gasteiger partial charge in [-0.15, -0.1) is 0 Å². The molecule has 0 amide bonds. The fourth-order valence-corrected chi connectivity index (χ4v) is 4.01. The number of esters is 1. The van der Waals surface area contributed by atoms with Crippen molar-refractivity contribution in [2.45, 2.75) is 50.3 Å². The second-order valence-corrected chi connectivity index (χ2v) is 6.95. The van der Waals surface area contributed by atoms with E-state index in [1.54, 1.807) is 6.92 Å². The minimum Gasteiger partial charge on any atom is -0.465 e. The molecule has 2 bridgehead atoms. The van der Waals surface area contributed by atoms with E-state index in [-0.39, 0.29) is 18.1 Å². The number of hydrogen-bond acceptors (Lipinski definition) is 6. The van der Waals surface area contributed by atoms with Crippen molar-refractivity contribution in [1.82, 2.24) is 4.90 Å². The van der Waals surface area contributed by atoms with Gasteiger partial charge in [-0.05, 0) is 39.7 Å². The Hall–Kier alpha value is -0.660. The highest BCUT2D eigenvalue weighted by molar-refractivity contribution is 7.86. The average molecular weight is 291 g/mol. The molecule has 2 aliphatic rings. The van der Waals surface area contributed by atoms with Gasteiger partial charge in [0.05, 0.1) is 19.0 Å². The van der Waals surface area contributed by atoms with Crippen LogP contribution in [0.5, 0.6) is 0 Å². The van der Waals surface area contributed by atoms with Gasteiger partial charge in [-0.3, -0.25) is 13.9 Å². The molecule has 19 heavy (non-hydrogen) atoms. The first-order valence-electron chi connectivity index (χ1n) is 6.58. The van der Waals surface area contributed by atoms with Gasteiger partial charge in [0.25, 0.3) is 10.1 Å². The summed E-state index contributed by atoms with van der Waals surface area (Å²) in [5.74, 6) is -0.196. The van der Waals surface area contributed by atoms with Crippen molar-refractivity contribution in [2.75, 3.05) is 19.9 Å². The van der Waals surface area contributed by atoms with Crippen molar-refractivity contribution < 1.29 is 22.1 Å². The first kappa shape index (κ1) is 14.7. The smallest absolute Gasteiger partial charge is 0.326 e. The molecule has 0 spiro atoms. The first-order chi connectivity index (χ1) is 8.80. The molecule has 2 aliphatic heterocycles. The van der Waals surface area contributed by atoms with E-state index in [9.17, 15) is 13.2 Å². The molecule has 0 aromatic heterocycles. The molecular formula is C12H21NO5S. The topological polar surface area (TPSA) is 72.9 Å². The van der Waals surface area contributed by atoms with Gasteiger partial charge in [0.15, 0.2) is 0 Å². The van der Waals surface area contributed by atoms with Gasteiger partial charge in [-0.25, -0.2) is 0 Å². The van der Waals surface area contributed by atoms with Gasteiger partial charge in [-0.2, -0.15) is 8.42 Å². The van der Waals surface area contributed by atoms with E-state index < -0.39 is 15.7 Å². The molecule has 110 valence electrons. The lowest BCUT2D eigenvalue weighted by atomic mass is 9.88. The lowest BCUT2D eigenvalue weighted by molar-refractivity contribution is -0.160. The number of nitrogens with zero attached hydrogens (tertiary/aromatic N) is 1. The third-order valence-electron chi connectivity index (χ3n) is 4.25. The van der Waals surface area contributed by atoms with Crippen LogP contribution in [0.4, 0.5) is 0 Å². The number of rotatable bonds is 4. The number of fused-ring (bicyclic) bond motifs is 2. The summed E-state index contributed by atoms with van der Waals surface area (Å²) in [6.45, 7) is 2.15. The molecule has 0 saturated carbocycles. The van der Waals surface area contributed by atoms with Gasteiger partial charge in [-0.1, -0.05) is 0 Å². The zero-order chi connectivity index (χ0) is 14.3. The minimum absolute atomic E-state index is 0.0344. The predicted octanol–water partition coefficient (Wildman–Crippen LogP) is 0.521. The maximum Gasteiger partial charge on any atom is 0.326 e. The largest absolute Gasteiger partial charge is 0.465 e. The maximum absolute atomic E-state index is 12.2. The molecule has 2 saturated heterocycles. The molecule has 3 atom stereocenters. The minimum atomic E-state index is -3.46. The normalized spacial score (nSPS) is 35.3. The van der Waals surface area contributed by atoms with Crippen LogP contribution in [0.1, 0.15) is 32.6 Å². The summed E-state index contributed by atoms with van der Waals surface area (Å²) in [5.41, 5.74) is -0.585. The Labute approximate surface area is 114 Å². The molecule has 2 fully saturated rings. The van der Waals surface area contributed by atoms with Crippen LogP contribution in [0.15, 0.2) is 0 Å². The average Bonchev–Trinajstić information content (AvgIpc) is 2.51. The van der Waals surface area contributed by atoms with Crippen LogP contribution in [0, 0.1) is 0 Å². The summed E-state index contributed by atoms with van der Waals surface area (Å²) in [6.07, 6.45) is 3.33. The molecule has 0 N–H and O–H groups in total. The highest BCUT2D eigenvalue weighted by Crippen LogP contribution is 2.45. The quantitative estimate of drug-likeness (QED) is 0.555. The first-order valence-corrected chi connectivity index (χ1v) is 8.40. The van der Waals surface area contributed by atoms with Crippen LogP contribution in [-0.4, -0.2) is 56.9 Å². The molecule has 0 unspecified atom stereocenters. The highest BCUT2D eigenvalue weighted by Gasteiger charge is 2.56. The fraction of sp³-hybridized carbons (Fsp3) is 0.917. The van der Waals surface area contributed by atoms with Crippen molar-refractivity contribution in [3.05, 3.63) is 0 Å². The van der Waals surface area contributed by atoms with Crippen LogP contribution in [0.25, 0.3) is 0 Å². The Balaban J connectivity index is 2.15. The highest BCUT2D eigenvalue weighted by atomic mass is 32.2. The molecule has 0 aliphatic carbocycles. The van der Waals surface area contributed by atoms with E-state index in [2.05, 4.69) is 0 Å². The second-order valence-electron chi connectivity index (χ2n) is 5.35. The summed E-state index contributed by atoms with van der Waals surface area (Å²) in [4.78, 5) is 14.1. The Kier molecular flexibility index (Phi) is 3.90. The monoisotopic (exact) mass is 291 g/mol. The lowest BCUT2D eigenvalue weighted by Gasteiger charge is -2.43. The molecule has 0 radical (unpaired) electrons. The number of piperidine rings is 1. The number of hydrogen-bond donors (Lipinski definition) is 0. The Morgan fingerprint density at radius 2 is 2.00 bits per heavy atom. The van der Waals surface area contributed by atoms with Gasteiger partial charge in [0, 0.05) is 6.04 Å². The zero-order valence-electron chi connectivity index (χ0n) is 11.6. The van der Waals surface area contributed by atoms with Crippen molar-refractivity contribution in [1.29, 1.82) is 0 Å². The summed E-state index contributed by atoms with van der Waals surface area (Å²) >= 11 is 0. The Morgan fingerprint density at radius 3 is 2.58 bits per heavy atom. The van der Waals surface area contributed by atoms with E-state index in [4.69, 9.17) is 8.92 Å². The molecule has 2 heterocycles. The number of carbonyl (C=O) groups is 1. The van der Waals surface area contributed by atoms with Crippen LogP contribution in [0.2, 0.25) is 0 Å². The van der Waals surface area contributed by atoms with E-state index in [0.717, 1.165) is 12.7 Å². The predicted molar refractivity (Wildman–Crippen MR) is 69.1 cm³/mol. The van der Waals surface area contributed by atoms with E-state index in [1.807, 2.05) is 11.9 Å². The maximum atomic E-state index is 12.2. The zero-order valence-corrected chi connectivity index (χ0v) is 12.4. The van der Waals surface area contributed by atoms with Crippen molar-refractivity contribution in [2.24, 2.45) is 0 Å².